The largest absolute Gasteiger partial charge is 0.456 e. The molecule has 1 aromatic heterocycles. The second-order valence-electron chi connectivity index (χ2n) is 13.7. The number of nitrogens with zero attached hydrogens (tertiary/aromatic N) is 1. The molecule has 0 aliphatic heterocycles. The van der Waals surface area contributed by atoms with E-state index in [2.05, 4.69) is 199 Å². The van der Waals surface area contributed by atoms with Crippen LogP contribution in [0.5, 0.6) is 0 Å². The van der Waals surface area contributed by atoms with Crippen LogP contribution >= 0.6 is 0 Å². The van der Waals surface area contributed by atoms with Crippen LogP contribution in [0.25, 0.3) is 77.2 Å². The summed E-state index contributed by atoms with van der Waals surface area (Å²) < 4.78 is 6.32. The molecule has 2 nitrogen and oxygen atoms in total. The molecular formula is C52H35NO. The Balaban J connectivity index is 1.07. The van der Waals surface area contributed by atoms with Crippen molar-refractivity contribution in [1.29, 1.82) is 0 Å². The van der Waals surface area contributed by atoms with E-state index in [0.29, 0.717) is 0 Å². The number of benzene rings is 9. The number of hydrogen-bond acceptors (Lipinski definition) is 2. The van der Waals surface area contributed by atoms with Crippen molar-refractivity contribution in [3.63, 3.8) is 0 Å². The van der Waals surface area contributed by atoms with E-state index in [0.717, 1.165) is 50.5 Å². The average molecular weight is 690 g/mol. The topological polar surface area (TPSA) is 16.4 Å². The van der Waals surface area contributed by atoms with Gasteiger partial charge in [0.25, 0.3) is 0 Å². The lowest BCUT2D eigenvalue weighted by Gasteiger charge is -2.26. The fourth-order valence-electron chi connectivity index (χ4n) is 7.84. The van der Waals surface area contributed by atoms with Crippen molar-refractivity contribution in [2.45, 2.75) is 0 Å². The lowest BCUT2D eigenvalue weighted by molar-refractivity contribution is 0.632. The van der Waals surface area contributed by atoms with E-state index in [4.69, 9.17) is 4.42 Å². The fourth-order valence-corrected chi connectivity index (χ4v) is 7.84. The first kappa shape index (κ1) is 31.6. The van der Waals surface area contributed by atoms with E-state index < -0.39 is 0 Å². The Bertz CT molecular complexity index is 2890. The van der Waals surface area contributed by atoms with Crippen molar-refractivity contribution in [3.8, 4) is 44.7 Å². The molecule has 1 heterocycles. The maximum Gasteiger partial charge on any atom is 0.136 e. The van der Waals surface area contributed by atoms with Gasteiger partial charge in [-0.2, -0.15) is 0 Å². The fraction of sp³-hybridized carbons (Fsp3) is 0. The molecule has 0 aliphatic carbocycles. The summed E-state index contributed by atoms with van der Waals surface area (Å²) in [5.74, 6) is 0.870. The molecule has 0 saturated heterocycles. The Kier molecular flexibility index (Phi) is 7.85. The van der Waals surface area contributed by atoms with Crippen LogP contribution < -0.4 is 4.90 Å². The molecule has 0 atom stereocenters. The molecule has 0 bridgehead atoms. The van der Waals surface area contributed by atoms with Gasteiger partial charge in [0.1, 0.15) is 11.3 Å². The van der Waals surface area contributed by atoms with E-state index in [9.17, 15) is 0 Å². The Morgan fingerprint density at radius 3 is 1.44 bits per heavy atom. The highest BCUT2D eigenvalue weighted by Crippen LogP contribution is 2.41. The highest BCUT2D eigenvalue weighted by Gasteiger charge is 2.17. The molecule has 0 fully saturated rings. The minimum Gasteiger partial charge on any atom is -0.456 e. The summed E-state index contributed by atoms with van der Waals surface area (Å²) >= 11 is 0. The van der Waals surface area contributed by atoms with Crippen LogP contribution in [0.4, 0.5) is 17.1 Å². The summed E-state index contributed by atoms with van der Waals surface area (Å²) in [6.07, 6.45) is 0. The first-order valence-electron chi connectivity index (χ1n) is 18.4. The lowest BCUT2D eigenvalue weighted by atomic mass is 9.94. The number of rotatable bonds is 7. The minimum absolute atomic E-state index is 0.870. The van der Waals surface area contributed by atoms with Gasteiger partial charge in [-0.3, -0.25) is 0 Å². The minimum atomic E-state index is 0.870. The van der Waals surface area contributed by atoms with Gasteiger partial charge >= 0.3 is 0 Å². The molecule has 54 heavy (non-hydrogen) atoms. The molecule has 9 aromatic carbocycles. The van der Waals surface area contributed by atoms with Crippen molar-refractivity contribution < 1.29 is 4.42 Å². The van der Waals surface area contributed by atoms with Gasteiger partial charge in [0.2, 0.25) is 0 Å². The number of para-hydroxylation sites is 1. The summed E-state index contributed by atoms with van der Waals surface area (Å²) in [7, 11) is 0. The van der Waals surface area contributed by atoms with Crippen molar-refractivity contribution in [3.05, 3.63) is 212 Å². The smallest absolute Gasteiger partial charge is 0.136 e. The van der Waals surface area contributed by atoms with Gasteiger partial charge in [0.05, 0.1) is 0 Å². The SMILES string of the molecule is c1ccc(-c2ccccc2-c2ccc(N(c3ccc(-c4ccccc4-c4cc5ccccc5o4)cc3)c3ccc4c(ccc5ccccc54)c3)cc2)cc1. The van der Waals surface area contributed by atoms with Crippen LogP contribution in [0, 0.1) is 0 Å². The third-order valence-electron chi connectivity index (χ3n) is 10.5. The molecule has 10 rings (SSSR count). The van der Waals surface area contributed by atoms with Crippen molar-refractivity contribution >= 4 is 49.6 Å². The molecule has 0 spiro atoms. The van der Waals surface area contributed by atoms with Crippen LogP contribution in [0.3, 0.4) is 0 Å². The summed E-state index contributed by atoms with van der Waals surface area (Å²) in [6, 6.07) is 75.9. The molecule has 10 aromatic rings. The van der Waals surface area contributed by atoms with Crippen molar-refractivity contribution in [2.75, 3.05) is 4.90 Å². The number of hydrogen-bond donors (Lipinski definition) is 0. The van der Waals surface area contributed by atoms with Gasteiger partial charge in [-0.05, 0) is 103 Å². The molecule has 0 amide bonds. The summed E-state index contributed by atoms with van der Waals surface area (Å²) in [6.45, 7) is 0. The highest BCUT2D eigenvalue weighted by atomic mass is 16.3. The molecule has 0 unspecified atom stereocenters. The average Bonchev–Trinajstić information content (AvgIpc) is 3.69. The molecule has 0 aliphatic rings. The number of fused-ring (bicyclic) bond motifs is 4. The Hall–Kier alpha value is -7.16. The Labute approximate surface area is 314 Å². The van der Waals surface area contributed by atoms with E-state index >= 15 is 0 Å². The van der Waals surface area contributed by atoms with Gasteiger partial charge in [-0.1, -0.05) is 164 Å². The number of furan rings is 1. The van der Waals surface area contributed by atoms with E-state index in [1.165, 1.54) is 43.8 Å². The standard InChI is InChI=1S/C52H35NO/c1-2-12-36(13-3-1)45-17-7-8-18-47(45)38-24-28-42(29-25-38)53(44-32-33-49-40(34-44)23-22-37-14-4-6-16-46(37)49)43-30-26-39(27-31-43)48-19-9-10-20-50(48)52-35-41-15-5-11-21-51(41)54-52/h1-35H. The van der Waals surface area contributed by atoms with Gasteiger partial charge in [0.15, 0.2) is 0 Å². The third-order valence-corrected chi connectivity index (χ3v) is 10.5. The first-order chi connectivity index (χ1) is 26.8. The molecule has 0 radical (unpaired) electrons. The zero-order chi connectivity index (χ0) is 35.8. The van der Waals surface area contributed by atoms with E-state index in [1.807, 2.05) is 18.2 Å². The normalized spacial score (nSPS) is 11.3. The summed E-state index contributed by atoms with van der Waals surface area (Å²) in [5.41, 5.74) is 12.3. The molecular weight excluding hydrogens is 655 g/mol. The monoisotopic (exact) mass is 689 g/mol. The third kappa shape index (κ3) is 5.71. The Morgan fingerprint density at radius 1 is 0.296 bits per heavy atom. The molecule has 0 N–H and O–H groups in total. The van der Waals surface area contributed by atoms with Gasteiger partial charge < -0.3 is 9.32 Å². The zero-order valence-electron chi connectivity index (χ0n) is 29.6. The number of anilines is 3. The van der Waals surface area contributed by atoms with Gasteiger partial charge in [-0.25, -0.2) is 0 Å². The van der Waals surface area contributed by atoms with Crippen LogP contribution in [0.1, 0.15) is 0 Å². The van der Waals surface area contributed by atoms with Crippen molar-refractivity contribution in [1.82, 2.24) is 0 Å². The summed E-state index contributed by atoms with van der Waals surface area (Å²) in [5, 5.41) is 6.08. The second kappa shape index (κ2) is 13.4. The second-order valence-corrected chi connectivity index (χ2v) is 13.7. The van der Waals surface area contributed by atoms with Crippen LogP contribution in [0.2, 0.25) is 0 Å². The predicted octanol–water partition coefficient (Wildman–Crippen LogP) is 14.9. The van der Waals surface area contributed by atoms with Crippen LogP contribution in [0.15, 0.2) is 217 Å². The molecule has 2 heteroatoms. The quantitative estimate of drug-likeness (QED) is 0.155. The van der Waals surface area contributed by atoms with E-state index in [-0.39, 0.29) is 0 Å². The highest BCUT2D eigenvalue weighted by molar-refractivity contribution is 6.08. The maximum absolute atomic E-state index is 6.32. The Morgan fingerprint density at radius 2 is 0.778 bits per heavy atom. The maximum atomic E-state index is 6.32. The summed E-state index contributed by atoms with van der Waals surface area (Å²) in [4.78, 5) is 2.36. The predicted molar refractivity (Wildman–Crippen MR) is 228 cm³/mol. The van der Waals surface area contributed by atoms with Gasteiger partial charge in [0, 0.05) is 28.0 Å². The molecule has 254 valence electrons. The van der Waals surface area contributed by atoms with Crippen LogP contribution in [-0.2, 0) is 0 Å². The van der Waals surface area contributed by atoms with Gasteiger partial charge in [-0.15, -0.1) is 0 Å². The lowest BCUT2D eigenvalue weighted by Crippen LogP contribution is -2.10. The first-order valence-corrected chi connectivity index (χ1v) is 18.4. The van der Waals surface area contributed by atoms with E-state index in [1.54, 1.807) is 0 Å². The molecule has 0 saturated carbocycles. The van der Waals surface area contributed by atoms with Crippen LogP contribution in [-0.4, -0.2) is 0 Å². The van der Waals surface area contributed by atoms with Crippen molar-refractivity contribution in [2.24, 2.45) is 0 Å². The zero-order valence-corrected chi connectivity index (χ0v) is 29.6.